The summed E-state index contributed by atoms with van der Waals surface area (Å²) >= 11 is 0. The molecule has 0 spiro atoms. The lowest BCUT2D eigenvalue weighted by Gasteiger charge is -2.27. The normalized spacial score (nSPS) is 16.8. The highest BCUT2D eigenvalue weighted by Gasteiger charge is 2.23. The minimum absolute atomic E-state index is 0.0177. The molecule has 3 heteroatoms. The van der Waals surface area contributed by atoms with Gasteiger partial charge in [0.2, 0.25) is 0 Å². The van der Waals surface area contributed by atoms with E-state index in [1.165, 1.54) is 32.9 Å². The highest BCUT2D eigenvalue weighted by molar-refractivity contribution is 7.56. The molecule has 0 fully saturated rings. The number of aliphatic imine (C=N–C) groups is 1. The van der Waals surface area contributed by atoms with E-state index in [9.17, 15) is 0 Å². The number of hydrogen-bond acceptors (Lipinski definition) is 2. The van der Waals surface area contributed by atoms with Crippen molar-refractivity contribution in [1.82, 2.24) is 0 Å². The smallest absolute Gasteiger partial charge is 0.130 e. The van der Waals surface area contributed by atoms with E-state index in [2.05, 4.69) is 94.2 Å². The quantitative estimate of drug-likeness (QED) is 0.429. The van der Waals surface area contributed by atoms with Gasteiger partial charge in [0.05, 0.1) is 6.61 Å². The molecule has 2 aromatic carbocycles. The second kappa shape index (κ2) is 9.75. The largest absolute Gasteiger partial charge is 0.492 e. The maximum atomic E-state index is 6.57. The third kappa shape index (κ3) is 5.70. The van der Waals surface area contributed by atoms with E-state index in [-0.39, 0.29) is 5.41 Å². The molecule has 0 saturated heterocycles. The summed E-state index contributed by atoms with van der Waals surface area (Å²) in [7, 11) is 2.36. The molecule has 0 bridgehead atoms. The summed E-state index contributed by atoms with van der Waals surface area (Å²) in [6, 6.07) is 11.2. The molecular formula is C27H34NOP. The van der Waals surface area contributed by atoms with E-state index in [0.29, 0.717) is 21.1 Å². The molecule has 2 aromatic rings. The number of rotatable bonds is 6. The summed E-state index contributed by atoms with van der Waals surface area (Å²) in [5, 5.41) is 2.59. The summed E-state index contributed by atoms with van der Waals surface area (Å²) in [6.45, 7) is 11.8. The second-order valence-corrected chi connectivity index (χ2v) is 10.5. The first kappa shape index (κ1) is 22.5. The maximum Gasteiger partial charge on any atom is 0.130 e. The predicted octanol–water partition coefficient (Wildman–Crippen LogP) is 5.79. The van der Waals surface area contributed by atoms with Gasteiger partial charge >= 0.3 is 0 Å². The zero-order valence-corrected chi connectivity index (χ0v) is 20.1. The van der Waals surface area contributed by atoms with Crippen LogP contribution in [0, 0.1) is 19.8 Å². The molecule has 0 aliphatic heterocycles. The van der Waals surface area contributed by atoms with Gasteiger partial charge in [0.15, 0.2) is 0 Å². The van der Waals surface area contributed by atoms with Crippen LogP contribution in [0.1, 0.15) is 49.4 Å². The second-order valence-electron chi connectivity index (χ2n) is 9.16. The number of allylic oxidation sites excluding steroid dienone is 3. The van der Waals surface area contributed by atoms with Gasteiger partial charge in [0.1, 0.15) is 5.75 Å². The van der Waals surface area contributed by atoms with Crippen LogP contribution in [0.5, 0.6) is 5.75 Å². The number of ether oxygens (including phenoxy) is 1. The Hall–Kier alpha value is -2.18. The SMILES string of the molecule is C/N=C/c1cc(C)ccc1Pc1cc(C)cc(C(C)(C)C)c1OCC1C=CC=CC1. The molecule has 1 aliphatic rings. The van der Waals surface area contributed by atoms with E-state index in [1.807, 2.05) is 13.3 Å². The van der Waals surface area contributed by atoms with Crippen LogP contribution in [0.3, 0.4) is 0 Å². The van der Waals surface area contributed by atoms with Crippen molar-refractivity contribution in [2.24, 2.45) is 10.9 Å². The average molecular weight is 420 g/mol. The third-order valence-corrected chi connectivity index (χ3v) is 6.66. The van der Waals surface area contributed by atoms with Gasteiger partial charge in [-0.05, 0) is 48.7 Å². The Labute approximate surface area is 184 Å². The summed E-state index contributed by atoms with van der Waals surface area (Å²) in [6.07, 6.45) is 11.7. The first-order chi connectivity index (χ1) is 14.3. The molecule has 2 unspecified atom stereocenters. The third-order valence-electron chi connectivity index (χ3n) is 5.30. The molecule has 2 atom stereocenters. The van der Waals surface area contributed by atoms with E-state index in [0.717, 1.165) is 12.2 Å². The monoisotopic (exact) mass is 419 g/mol. The van der Waals surface area contributed by atoms with Crippen LogP contribution in [-0.2, 0) is 5.41 Å². The van der Waals surface area contributed by atoms with Crippen molar-refractivity contribution in [2.75, 3.05) is 13.7 Å². The van der Waals surface area contributed by atoms with Gasteiger partial charge in [-0.25, -0.2) is 0 Å². The van der Waals surface area contributed by atoms with Gasteiger partial charge in [-0.3, -0.25) is 4.99 Å². The lowest BCUT2D eigenvalue weighted by molar-refractivity contribution is 0.271. The minimum atomic E-state index is 0.0177. The van der Waals surface area contributed by atoms with Gasteiger partial charge in [-0.2, -0.15) is 0 Å². The van der Waals surface area contributed by atoms with Crippen molar-refractivity contribution in [3.8, 4) is 5.75 Å². The molecule has 158 valence electrons. The summed E-state index contributed by atoms with van der Waals surface area (Å²) in [4.78, 5) is 4.28. The molecule has 0 N–H and O–H groups in total. The first-order valence-electron chi connectivity index (χ1n) is 10.7. The van der Waals surface area contributed by atoms with Gasteiger partial charge in [-0.1, -0.05) is 77.4 Å². The summed E-state index contributed by atoms with van der Waals surface area (Å²) < 4.78 is 6.57. The van der Waals surface area contributed by atoms with Crippen LogP contribution in [0.4, 0.5) is 0 Å². The molecule has 0 amide bonds. The fourth-order valence-electron chi connectivity index (χ4n) is 3.71. The van der Waals surface area contributed by atoms with E-state index in [1.54, 1.807) is 0 Å². The zero-order valence-electron chi connectivity index (χ0n) is 19.1. The lowest BCUT2D eigenvalue weighted by atomic mass is 9.85. The molecule has 0 aromatic heterocycles. The standard InChI is InChI=1S/C27H34NOP/c1-19-12-13-24(22(14-19)17-28-6)30-25-16-20(2)15-23(27(3,4)5)26(25)29-18-21-10-8-7-9-11-21/h7-10,12-17,21,30H,11,18H2,1-6H3/b28-17+. The van der Waals surface area contributed by atoms with Crippen molar-refractivity contribution in [3.63, 3.8) is 0 Å². The molecule has 1 aliphatic carbocycles. The Morgan fingerprint density at radius 3 is 2.53 bits per heavy atom. The number of nitrogens with zero attached hydrogens (tertiary/aromatic N) is 1. The van der Waals surface area contributed by atoms with Crippen LogP contribution in [-0.4, -0.2) is 19.9 Å². The molecule has 30 heavy (non-hydrogen) atoms. The van der Waals surface area contributed by atoms with Crippen LogP contribution in [0.2, 0.25) is 0 Å². The zero-order chi connectivity index (χ0) is 21.7. The predicted molar refractivity (Wildman–Crippen MR) is 134 cm³/mol. The van der Waals surface area contributed by atoms with E-state index >= 15 is 0 Å². The Morgan fingerprint density at radius 2 is 1.87 bits per heavy atom. The maximum absolute atomic E-state index is 6.57. The lowest BCUT2D eigenvalue weighted by Crippen LogP contribution is -2.22. The van der Waals surface area contributed by atoms with Gasteiger partial charge in [0, 0.05) is 35.6 Å². The Balaban J connectivity index is 2.01. The fourth-order valence-corrected chi connectivity index (χ4v) is 5.07. The minimum Gasteiger partial charge on any atom is -0.492 e. The van der Waals surface area contributed by atoms with E-state index in [4.69, 9.17) is 4.74 Å². The topological polar surface area (TPSA) is 21.6 Å². The van der Waals surface area contributed by atoms with Gasteiger partial charge in [-0.15, -0.1) is 0 Å². The van der Waals surface area contributed by atoms with Crippen molar-refractivity contribution in [2.45, 2.75) is 46.5 Å². The van der Waals surface area contributed by atoms with Gasteiger partial charge < -0.3 is 4.74 Å². The Bertz CT molecular complexity index is 979. The number of aryl methyl sites for hydroxylation is 2. The van der Waals surface area contributed by atoms with Crippen LogP contribution in [0.25, 0.3) is 0 Å². The van der Waals surface area contributed by atoms with E-state index < -0.39 is 0 Å². The van der Waals surface area contributed by atoms with Crippen molar-refractivity contribution >= 4 is 25.4 Å². The Kier molecular flexibility index (Phi) is 7.32. The number of hydrogen-bond donors (Lipinski definition) is 0. The fraction of sp³-hybridized carbons (Fsp3) is 0.370. The van der Waals surface area contributed by atoms with Crippen LogP contribution < -0.4 is 15.3 Å². The highest BCUT2D eigenvalue weighted by atomic mass is 31.1. The summed E-state index contributed by atoms with van der Waals surface area (Å²) in [5.74, 6) is 1.50. The van der Waals surface area contributed by atoms with Crippen LogP contribution >= 0.6 is 8.58 Å². The van der Waals surface area contributed by atoms with Crippen LogP contribution in [0.15, 0.2) is 59.6 Å². The molecular weight excluding hydrogens is 385 g/mol. The first-order valence-corrected chi connectivity index (χ1v) is 11.7. The Morgan fingerprint density at radius 1 is 1.07 bits per heavy atom. The molecule has 0 radical (unpaired) electrons. The number of benzene rings is 2. The molecule has 0 saturated carbocycles. The van der Waals surface area contributed by atoms with Gasteiger partial charge in [0.25, 0.3) is 0 Å². The average Bonchev–Trinajstić information content (AvgIpc) is 2.69. The highest BCUT2D eigenvalue weighted by Crippen LogP contribution is 2.35. The molecule has 2 nitrogen and oxygen atoms in total. The van der Waals surface area contributed by atoms with Crippen molar-refractivity contribution < 1.29 is 4.74 Å². The van der Waals surface area contributed by atoms with Crippen molar-refractivity contribution in [3.05, 3.63) is 76.9 Å². The molecule has 0 heterocycles. The van der Waals surface area contributed by atoms with Crippen molar-refractivity contribution in [1.29, 1.82) is 0 Å². The molecule has 3 rings (SSSR count). The summed E-state index contributed by atoms with van der Waals surface area (Å²) in [5.41, 5.74) is 5.04.